The average molecular weight is 278 g/mol. The number of aryl methyl sites for hydroxylation is 1. The maximum Gasteiger partial charge on any atom is 0.126 e. The summed E-state index contributed by atoms with van der Waals surface area (Å²) < 4.78 is 1.04. The van der Waals surface area contributed by atoms with Gasteiger partial charge in [-0.2, -0.15) is 0 Å². The molecule has 3 nitrogen and oxygen atoms in total. The van der Waals surface area contributed by atoms with Crippen LogP contribution in [-0.2, 0) is 6.54 Å². The van der Waals surface area contributed by atoms with Crippen molar-refractivity contribution in [1.82, 2.24) is 9.97 Å². The summed E-state index contributed by atoms with van der Waals surface area (Å²) in [5.41, 5.74) is 8.44. The van der Waals surface area contributed by atoms with E-state index in [-0.39, 0.29) is 0 Å². The summed E-state index contributed by atoms with van der Waals surface area (Å²) in [5, 5.41) is 0. The number of benzene rings is 1. The predicted octanol–water partition coefficient (Wildman–Crippen LogP) is 2.67. The average Bonchev–Trinajstić information content (AvgIpc) is 2.28. The summed E-state index contributed by atoms with van der Waals surface area (Å²) >= 11 is 3.45. The smallest absolute Gasteiger partial charge is 0.126 e. The lowest BCUT2D eigenvalue weighted by molar-refractivity contribution is 0.929. The van der Waals surface area contributed by atoms with Crippen molar-refractivity contribution in [2.24, 2.45) is 5.73 Å². The zero-order valence-electron chi connectivity index (χ0n) is 8.94. The van der Waals surface area contributed by atoms with E-state index in [9.17, 15) is 0 Å². The number of hydrogen-bond donors (Lipinski definition) is 1. The van der Waals surface area contributed by atoms with Gasteiger partial charge < -0.3 is 5.73 Å². The molecule has 2 aromatic rings. The van der Waals surface area contributed by atoms with Crippen LogP contribution in [-0.4, -0.2) is 9.97 Å². The maximum absolute atomic E-state index is 5.60. The topological polar surface area (TPSA) is 51.8 Å². The van der Waals surface area contributed by atoms with Crippen LogP contribution in [0.4, 0.5) is 0 Å². The Kier molecular flexibility index (Phi) is 3.31. The van der Waals surface area contributed by atoms with Gasteiger partial charge in [-0.15, -0.1) is 0 Å². The number of nitrogens with two attached hydrogens (primary N) is 1. The van der Waals surface area contributed by atoms with Crippen molar-refractivity contribution in [3.05, 3.63) is 46.3 Å². The van der Waals surface area contributed by atoms with Gasteiger partial charge in [0.2, 0.25) is 0 Å². The Hall–Kier alpha value is -1.26. The second-order valence-electron chi connectivity index (χ2n) is 3.51. The van der Waals surface area contributed by atoms with E-state index in [4.69, 9.17) is 5.73 Å². The van der Waals surface area contributed by atoms with Crippen LogP contribution in [0.5, 0.6) is 0 Å². The Labute approximate surface area is 103 Å². The van der Waals surface area contributed by atoms with Crippen LogP contribution >= 0.6 is 15.9 Å². The Balaban J connectivity index is 2.51. The van der Waals surface area contributed by atoms with Crippen LogP contribution in [0.3, 0.4) is 0 Å². The second kappa shape index (κ2) is 4.72. The van der Waals surface area contributed by atoms with Gasteiger partial charge in [-0.05, 0) is 25.1 Å². The summed E-state index contributed by atoms with van der Waals surface area (Å²) in [7, 11) is 0. The molecular weight excluding hydrogens is 266 g/mol. The molecule has 0 saturated heterocycles. The van der Waals surface area contributed by atoms with Crippen LogP contribution in [0.25, 0.3) is 11.3 Å². The van der Waals surface area contributed by atoms with Crippen LogP contribution in [0, 0.1) is 6.92 Å². The molecule has 0 spiro atoms. The molecule has 16 heavy (non-hydrogen) atoms. The summed E-state index contributed by atoms with van der Waals surface area (Å²) in [6.45, 7) is 2.31. The molecule has 1 aromatic carbocycles. The molecule has 0 amide bonds. The number of halogens is 1. The highest BCUT2D eigenvalue weighted by Gasteiger charge is 2.03. The molecule has 2 N–H and O–H groups in total. The quantitative estimate of drug-likeness (QED) is 0.918. The lowest BCUT2D eigenvalue weighted by Crippen LogP contribution is -2.03. The largest absolute Gasteiger partial charge is 0.325 e. The minimum absolute atomic E-state index is 0.435. The Morgan fingerprint density at radius 3 is 2.75 bits per heavy atom. The van der Waals surface area contributed by atoms with Crippen LogP contribution in [0.2, 0.25) is 0 Å². The minimum atomic E-state index is 0.435. The SMILES string of the molecule is Cc1nc(CN)cc(-c2cccc(Br)c2)n1. The molecule has 82 valence electrons. The van der Waals surface area contributed by atoms with Crippen molar-refractivity contribution in [1.29, 1.82) is 0 Å². The fourth-order valence-corrected chi connectivity index (χ4v) is 1.93. The van der Waals surface area contributed by atoms with Crippen molar-refractivity contribution < 1.29 is 0 Å². The van der Waals surface area contributed by atoms with Gasteiger partial charge in [0.05, 0.1) is 11.4 Å². The lowest BCUT2D eigenvalue weighted by Gasteiger charge is -2.05. The number of nitrogens with zero attached hydrogens (tertiary/aromatic N) is 2. The maximum atomic E-state index is 5.60. The first-order valence-corrected chi connectivity index (χ1v) is 5.79. The highest BCUT2D eigenvalue weighted by Crippen LogP contribution is 2.21. The van der Waals surface area contributed by atoms with Crippen molar-refractivity contribution in [2.75, 3.05) is 0 Å². The molecular formula is C12H12BrN3. The number of hydrogen-bond acceptors (Lipinski definition) is 3. The van der Waals surface area contributed by atoms with E-state index in [1.54, 1.807) is 0 Å². The molecule has 0 radical (unpaired) electrons. The molecule has 0 unspecified atom stereocenters. The summed E-state index contributed by atoms with van der Waals surface area (Å²) in [6, 6.07) is 9.95. The van der Waals surface area contributed by atoms with Gasteiger partial charge in [-0.1, -0.05) is 28.1 Å². The van der Waals surface area contributed by atoms with Crippen LogP contribution in [0.1, 0.15) is 11.5 Å². The van der Waals surface area contributed by atoms with Gasteiger partial charge in [0, 0.05) is 16.6 Å². The molecule has 0 saturated carbocycles. The van der Waals surface area contributed by atoms with E-state index in [0.717, 1.165) is 27.2 Å². The van der Waals surface area contributed by atoms with E-state index in [1.807, 2.05) is 37.3 Å². The third-order valence-electron chi connectivity index (χ3n) is 2.22. The number of rotatable bonds is 2. The predicted molar refractivity (Wildman–Crippen MR) is 67.8 cm³/mol. The van der Waals surface area contributed by atoms with Gasteiger partial charge in [0.1, 0.15) is 5.82 Å². The van der Waals surface area contributed by atoms with Gasteiger partial charge >= 0.3 is 0 Å². The highest BCUT2D eigenvalue weighted by atomic mass is 79.9. The molecule has 0 aliphatic rings. The van der Waals surface area contributed by atoms with Crippen molar-refractivity contribution in [3.63, 3.8) is 0 Å². The standard InChI is InChI=1S/C12H12BrN3/c1-8-15-11(7-14)6-12(16-8)9-3-2-4-10(13)5-9/h2-6H,7,14H2,1H3. The fraction of sp³-hybridized carbons (Fsp3) is 0.167. The summed E-state index contributed by atoms with van der Waals surface area (Å²) in [5.74, 6) is 0.748. The number of aromatic nitrogens is 2. The van der Waals surface area contributed by atoms with Gasteiger partial charge in [0.15, 0.2) is 0 Å². The minimum Gasteiger partial charge on any atom is -0.325 e. The van der Waals surface area contributed by atoms with E-state index in [1.165, 1.54) is 0 Å². The van der Waals surface area contributed by atoms with Crippen molar-refractivity contribution in [2.45, 2.75) is 13.5 Å². The first-order chi connectivity index (χ1) is 7.69. The molecule has 1 aromatic heterocycles. The molecule has 4 heteroatoms. The third-order valence-corrected chi connectivity index (χ3v) is 2.71. The lowest BCUT2D eigenvalue weighted by atomic mass is 10.1. The summed E-state index contributed by atoms with van der Waals surface area (Å²) in [6.07, 6.45) is 0. The molecule has 0 aliphatic heterocycles. The fourth-order valence-electron chi connectivity index (χ4n) is 1.53. The van der Waals surface area contributed by atoms with E-state index < -0.39 is 0 Å². The third kappa shape index (κ3) is 2.46. The van der Waals surface area contributed by atoms with Crippen molar-refractivity contribution >= 4 is 15.9 Å². The molecule has 1 heterocycles. The van der Waals surface area contributed by atoms with Crippen LogP contribution in [0.15, 0.2) is 34.8 Å². The van der Waals surface area contributed by atoms with Crippen molar-refractivity contribution in [3.8, 4) is 11.3 Å². The Bertz CT molecular complexity index is 511. The van der Waals surface area contributed by atoms with E-state index in [2.05, 4.69) is 25.9 Å². The zero-order valence-corrected chi connectivity index (χ0v) is 10.5. The van der Waals surface area contributed by atoms with Gasteiger partial charge in [-0.3, -0.25) is 0 Å². The first-order valence-electron chi connectivity index (χ1n) is 4.99. The molecule has 0 atom stereocenters. The molecule has 0 bridgehead atoms. The second-order valence-corrected chi connectivity index (χ2v) is 4.42. The molecule has 0 aliphatic carbocycles. The van der Waals surface area contributed by atoms with E-state index >= 15 is 0 Å². The van der Waals surface area contributed by atoms with Crippen LogP contribution < -0.4 is 5.73 Å². The first kappa shape index (κ1) is 11.2. The molecule has 2 rings (SSSR count). The zero-order chi connectivity index (χ0) is 11.5. The van der Waals surface area contributed by atoms with Gasteiger partial charge in [0.25, 0.3) is 0 Å². The monoisotopic (exact) mass is 277 g/mol. The highest BCUT2D eigenvalue weighted by molar-refractivity contribution is 9.10. The molecule has 0 fully saturated rings. The van der Waals surface area contributed by atoms with E-state index in [0.29, 0.717) is 6.54 Å². The Morgan fingerprint density at radius 1 is 1.25 bits per heavy atom. The summed E-state index contributed by atoms with van der Waals surface area (Å²) in [4.78, 5) is 8.66. The van der Waals surface area contributed by atoms with Gasteiger partial charge in [-0.25, -0.2) is 9.97 Å². The Morgan fingerprint density at radius 2 is 2.06 bits per heavy atom. The normalized spacial score (nSPS) is 10.4.